The smallest absolute Gasteiger partial charge is 0.165 e. The molecule has 0 radical (unpaired) electrons. The molecule has 0 aliphatic carbocycles. The number of hydrogen-bond acceptors (Lipinski definition) is 5. The molecular formula is C21H31NO4. The first-order valence-electron chi connectivity index (χ1n) is 8.98. The first-order valence-corrected chi connectivity index (χ1v) is 8.98. The summed E-state index contributed by atoms with van der Waals surface area (Å²) in [5, 5.41) is 10.1. The van der Waals surface area contributed by atoms with Gasteiger partial charge in [-0.3, -0.25) is 4.90 Å². The van der Waals surface area contributed by atoms with E-state index in [4.69, 9.17) is 13.9 Å². The Morgan fingerprint density at radius 2 is 1.81 bits per heavy atom. The van der Waals surface area contributed by atoms with Crippen LogP contribution in [0.1, 0.15) is 44.8 Å². The lowest BCUT2D eigenvalue weighted by Gasteiger charge is -2.25. The van der Waals surface area contributed by atoms with E-state index in [2.05, 4.69) is 24.8 Å². The number of rotatable bonds is 9. The van der Waals surface area contributed by atoms with Gasteiger partial charge in [0.25, 0.3) is 0 Å². The molecule has 0 saturated heterocycles. The Hall–Kier alpha value is -1.98. The van der Waals surface area contributed by atoms with Crippen LogP contribution in [0.2, 0.25) is 0 Å². The van der Waals surface area contributed by atoms with Crippen LogP contribution in [-0.2, 0) is 18.7 Å². The van der Waals surface area contributed by atoms with Crippen molar-refractivity contribution in [1.82, 2.24) is 4.90 Å². The summed E-state index contributed by atoms with van der Waals surface area (Å²) < 4.78 is 16.8. The van der Waals surface area contributed by atoms with E-state index in [1.54, 1.807) is 28.1 Å². The number of methoxy groups -OCH3 is 2. The average molecular weight is 361 g/mol. The molecule has 0 bridgehead atoms. The Balaban J connectivity index is 2.22. The van der Waals surface area contributed by atoms with Crippen molar-refractivity contribution in [3.8, 4) is 11.5 Å². The van der Waals surface area contributed by atoms with Gasteiger partial charge in [-0.25, -0.2) is 0 Å². The lowest BCUT2D eigenvalue weighted by atomic mass is 10.1. The van der Waals surface area contributed by atoms with Gasteiger partial charge in [-0.15, -0.1) is 0 Å². The molecule has 0 saturated carbocycles. The van der Waals surface area contributed by atoms with Gasteiger partial charge in [0.05, 0.1) is 20.8 Å². The highest BCUT2D eigenvalue weighted by atomic mass is 16.5. The van der Waals surface area contributed by atoms with Gasteiger partial charge in [0, 0.05) is 18.7 Å². The van der Waals surface area contributed by atoms with E-state index in [1.807, 2.05) is 24.3 Å². The Morgan fingerprint density at radius 3 is 2.35 bits per heavy atom. The van der Waals surface area contributed by atoms with E-state index in [0.29, 0.717) is 18.2 Å². The molecule has 144 valence electrons. The summed E-state index contributed by atoms with van der Waals surface area (Å²) in [4.78, 5) is 2.31. The fourth-order valence-electron chi connectivity index (χ4n) is 3.03. The van der Waals surface area contributed by atoms with Gasteiger partial charge in [0.2, 0.25) is 0 Å². The van der Waals surface area contributed by atoms with Crippen molar-refractivity contribution in [3.05, 3.63) is 47.4 Å². The number of nitrogens with zero attached hydrogens (tertiary/aromatic N) is 1. The molecule has 1 N–H and O–H groups in total. The molecule has 0 atom stereocenters. The van der Waals surface area contributed by atoms with Crippen LogP contribution in [-0.4, -0.2) is 30.8 Å². The van der Waals surface area contributed by atoms with Crippen LogP contribution in [0.25, 0.3) is 0 Å². The molecule has 0 aliphatic heterocycles. The van der Waals surface area contributed by atoms with Crippen molar-refractivity contribution < 1.29 is 19.0 Å². The molecule has 0 unspecified atom stereocenters. The Kier molecular flexibility index (Phi) is 6.73. The first-order chi connectivity index (χ1) is 12.2. The topological polar surface area (TPSA) is 55.1 Å². The molecule has 5 heteroatoms. The molecule has 1 heterocycles. The molecular weight excluding hydrogens is 330 g/mol. The van der Waals surface area contributed by atoms with Gasteiger partial charge < -0.3 is 19.0 Å². The van der Waals surface area contributed by atoms with Gasteiger partial charge >= 0.3 is 0 Å². The summed E-state index contributed by atoms with van der Waals surface area (Å²) in [6.07, 6.45) is 0. The zero-order valence-electron chi connectivity index (χ0n) is 16.7. The molecule has 1 aromatic heterocycles. The third-order valence-electron chi connectivity index (χ3n) is 4.15. The zero-order valence-corrected chi connectivity index (χ0v) is 16.7. The lowest BCUT2D eigenvalue weighted by Crippen LogP contribution is -2.27. The van der Waals surface area contributed by atoms with Crippen LogP contribution in [0.5, 0.6) is 11.5 Å². The van der Waals surface area contributed by atoms with Crippen LogP contribution >= 0.6 is 0 Å². The van der Waals surface area contributed by atoms with Gasteiger partial charge in [0.1, 0.15) is 17.1 Å². The van der Waals surface area contributed by atoms with Crippen LogP contribution < -0.4 is 9.47 Å². The normalized spacial score (nSPS) is 12.0. The molecule has 0 amide bonds. The monoisotopic (exact) mass is 361 g/mol. The van der Waals surface area contributed by atoms with Crippen molar-refractivity contribution in [3.63, 3.8) is 0 Å². The Bertz CT molecular complexity index is 700. The maximum Gasteiger partial charge on any atom is 0.165 e. The second kappa shape index (κ2) is 8.60. The largest absolute Gasteiger partial charge is 0.493 e. The third-order valence-corrected chi connectivity index (χ3v) is 4.15. The maximum atomic E-state index is 10.1. The number of aliphatic hydroxyl groups is 1. The second-order valence-corrected chi connectivity index (χ2v) is 7.54. The lowest BCUT2D eigenvalue weighted by molar-refractivity contribution is 0.0514. The van der Waals surface area contributed by atoms with E-state index >= 15 is 0 Å². The van der Waals surface area contributed by atoms with Gasteiger partial charge in [0.15, 0.2) is 11.5 Å². The number of furan rings is 1. The zero-order chi connectivity index (χ0) is 19.3. The van der Waals surface area contributed by atoms with E-state index in [1.165, 1.54) is 0 Å². The van der Waals surface area contributed by atoms with Crippen LogP contribution in [0.4, 0.5) is 0 Å². The Morgan fingerprint density at radius 1 is 1.08 bits per heavy atom. The minimum atomic E-state index is -0.975. The Labute approximate surface area is 156 Å². The van der Waals surface area contributed by atoms with Crippen molar-refractivity contribution in [2.75, 3.05) is 20.8 Å². The van der Waals surface area contributed by atoms with Crippen LogP contribution in [0.3, 0.4) is 0 Å². The predicted octanol–water partition coefficient (Wildman–Crippen LogP) is 4.18. The minimum absolute atomic E-state index is 0.510. The maximum absolute atomic E-state index is 10.1. The SMILES string of the molecule is COc1cccc(CN(Cc2ccc(C(C)(C)O)o2)CC(C)C)c1OC. The highest BCUT2D eigenvalue weighted by molar-refractivity contribution is 5.46. The molecule has 2 aromatic rings. The molecule has 5 nitrogen and oxygen atoms in total. The average Bonchev–Trinajstić information content (AvgIpc) is 3.02. The van der Waals surface area contributed by atoms with Crippen molar-refractivity contribution >= 4 is 0 Å². The molecule has 1 aromatic carbocycles. The molecule has 0 aliphatic rings. The highest BCUT2D eigenvalue weighted by Gasteiger charge is 2.22. The van der Waals surface area contributed by atoms with E-state index < -0.39 is 5.60 Å². The second-order valence-electron chi connectivity index (χ2n) is 7.54. The van der Waals surface area contributed by atoms with Crippen LogP contribution in [0.15, 0.2) is 34.7 Å². The van der Waals surface area contributed by atoms with Crippen LogP contribution in [0, 0.1) is 5.92 Å². The van der Waals surface area contributed by atoms with Gasteiger partial charge in [-0.2, -0.15) is 0 Å². The summed E-state index contributed by atoms with van der Waals surface area (Å²) in [6, 6.07) is 9.71. The van der Waals surface area contributed by atoms with E-state index in [9.17, 15) is 5.11 Å². The number of benzene rings is 1. The van der Waals surface area contributed by atoms with Gasteiger partial charge in [-0.05, 0) is 38.0 Å². The molecule has 0 spiro atoms. The van der Waals surface area contributed by atoms with E-state index in [0.717, 1.165) is 35.9 Å². The predicted molar refractivity (Wildman–Crippen MR) is 102 cm³/mol. The standard InChI is InChI=1S/C21H31NO4/c1-15(2)12-22(14-17-10-11-19(26-17)21(3,4)23)13-16-8-7-9-18(24-5)20(16)25-6/h7-11,15,23H,12-14H2,1-6H3. The minimum Gasteiger partial charge on any atom is -0.493 e. The summed E-state index contributed by atoms with van der Waals surface area (Å²) in [7, 11) is 3.31. The van der Waals surface area contributed by atoms with Crippen molar-refractivity contribution in [2.45, 2.75) is 46.4 Å². The number of para-hydroxylation sites is 1. The van der Waals surface area contributed by atoms with Crippen molar-refractivity contribution in [2.24, 2.45) is 5.92 Å². The first kappa shape index (κ1) is 20.3. The van der Waals surface area contributed by atoms with Gasteiger partial charge in [-0.1, -0.05) is 26.0 Å². The molecule has 0 fully saturated rings. The van der Waals surface area contributed by atoms with E-state index in [-0.39, 0.29) is 0 Å². The number of hydrogen-bond donors (Lipinski definition) is 1. The molecule has 2 rings (SSSR count). The third kappa shape index (κ3) is 5.26. The number of ether oxygens (including phenoxy) is 2. The summed E-state index contributed by atoms with van der Waals surface area (Å²) in [6.45, 7) is 10.1. The molecule has 26 heavy (non-hydrogen) atoms. The highest BCUT2D eigenvalue weighted by Crippen LogP contribution is 2.32. The fourth-order valence-corrected chi connectivity index (χ4v) is 3.03. The summed E-state index contributed by atoms with van der Waals surface area (Å²) >= 11 is 0. The summed E-state index contributed by atoms with van der Waals surface area (Å²) in [5.41, 5.74) is 0.0960. The van der Waals surface area contributed by atoms with Crippen molar-refractivity contribution in [1.29, 1.82) is 0 Å². The summed E-state index contributed by atoms with van der Waals surface area (Å²) in [5.74, 6) is 3.42. The quantitative estimate of drug-likeness (QED) is 0.726. The fraction of sp³-hybridized carbons (Fsp3) is 0.524.